The van der Waals surface area contributed by atoms with Crippen LogP contribution in [0.2, 0.25) is 0 Å². The van der Waals surface area contributed by atoms with Crippen LogP contribution in [0, 0.1) is 5.92 Å². The van der Waals surface area contributed by atoms with Gasteiger partial charge in [-0.15, -0.1) is 11.8 Å². The second kappa shape index (κ2) is 6.93. The van der Waals surface area contributed by atoms with Gasteiger partial charge in [0.25, 0.3) is 5.91 Å². The van der Waals surface area contributed by atoms with Crippen LogP contribution in [0.25, 0.3) is 0 Å². The summed E-state index contributed by atoms with van der Waals surface area (Å²) < 4.78 is 5.40. The molecule has 5 nitrogen and oxygen atoms in total. The summed E-state index contributed by atoms with van der Waals surface area (Å²) in [6, 6.07) is 5.57. The molecular formula is C17H22N2O3S. The number of carbonyl (C=O) groups excluding carboxylic acids is 2. The van der Waals surface area contributed by atoms with Crippen LogP contribution in [0.15, 0.2) is 23.1 Å². The quantitative estimate of drug-likeness (QED) is 0.919. The number of fused-ring (bicyclic) bond motifs is 1. The molecule has 1 saturated heterocycles. The lowest BCUT2D eigenvalue weighted by Crippen LogP contribution is -2.35. The lowest BCUT2D eigenvalue weighted by atomic mass is 10.1. The number of nitrogens with zero attached hydrogens (tertiary/aromatic N) is 1. The summed E-state index contributed by atoms with van der Waals surface area (Å²) in [6.07, 6.45) is 1.01. The lowest BCUT2D eigenvalue weighted by molar-refractivity contribution is -0.115. The van der Waals surface area contributed by atoms with Gasteiger partial charge in [0, 0.05) is 36.1 Å². The Bertz CT molecular complexity index is 614. The number of nitrogens with one attached hydrogen (secondary N) is 1. The highest BCUT2D eigenvalue weighted by molar-refractivity contribution is 8.00. The van der Waals surface area contributed by atoms with Gasteiger partial charge >= 0.3 is 0 Å². The zero-order valence-electron chi connectivity index (χ0n) is 13.5. The summed E-state index contributed by atoms with van der Waals surface area (Å²) in [6.45, 7) is 6.79. The molecule has 1 N–H and O–H groups in total. The molecule has 3 rings (SSSR count). The van der Waals surface area contributed by atoms with Crippen molar-refractivity contribution in [3.8, 4) is 0 Å². The molecule has 2 aliphatic heterocycles. The molecule has 2 atom stereocenters. The number of benzene rings is 1. The lowest BCUT2D eigenvalue weighted by Gasteiger charge is -2.25. The fourth-order valence-corrected chi connectivity index (χ4v) is 3.85. The highest BCUT2D eigenvalue weighted by Crippen LogP contribution is 2.36. The fourth-order valence-electron chi connectivity index (χ4n) is 2.92. The Morgan fingerprint density at radius 3 is 3.00 bits per heavy atom. The molecule has 0 unspecified atom stereocenters. The van der Waals surface area contributed by atoms with Gasteiger partial charge in [-0.3, -0.25) is 9.59 Å². The summed E-state index contributed by atoms with van der Waals surface area (Å²) >= 11 is 1.53. The van der Waals surface area contributed by atoms with Crippen LogP contribution in [-0.4, -0.2) is 48.3 Å². The number of hydrogen-bond acceptors (Lipinski definition) is 4. The first-order valence-corrected chi connectivity index (χ1v) is 8.95. The van der Waals surface area contributed by atoms with Crippen molar-refractivity contribution in [2.75, 3.05) is 31.6 Å². The number of hydrogen-bond donors (Lipinski definition) is 1. The predicted molar refractivity (Wildman–Crippen MR) is 90.9 cm³/mol. The van der Waals surface area contributed by atoms with Crippen LogP contribution in [0.5, 0.6) is 0 Å². The summed E-state index contributed by atoms with van der Waals surface area (Å²) in [5, 5.41) is 2.79. The zero-order chi connectivity index (χ0) is 16.4. The average molecular weight is 334 g/mol. The molecular weight excluding hydrogens is 312 g/mol. The molecule has 2 aliphatic rings. The predicted octanol–water partition coefficient (Wildman–Crippen LogP) is 2.62. The van der Waals surface area contributed by atoms with Crippen molar-refractivity contribution in [1.82, 2.24) is 4.90 Å². The summed E-state index contributed by atoms with van der Waals surface area (Å²) in [5.41, 5.74) is 1.36. The zero-order valence-corrected chi connectivity index (χ0v) is 14.3. The topological polar surface area (TPSA) is 58.6 Å². The van der Waals surface area contributed by atoms with Crippen LogP contribution in [0.3, 0.4) is 0 Å². The molecule has 124 valence electrons. The number of carbonyl (C=O) groups is 2. The van der Waals surface area contributed by atoms with Crippen molar-refractivity contribution in [3.63, 3.8) is 0 Å². The van der Waals surface area contributed by atoms with Crippen LogP contribution < -0.4 is 5.32 Å². The van der Waals surface area contributed by atoms with Crippen LogP contribution in [0.4, 0.5) is 5.69 Å². The Kier molecular flexibility index (Phi) is 4.92. The highest BCUT2D eigenvalue weighted by atomic mass is 32.2. The van der Waals surface area contributed by atoms with E-state index in [-0.39, 0.29) is 17.1 Å². The minimum Gasteiger partial charge on any atom is -0.381 e. The largest absolute Gasteiger partial charge is 0.381 e. The van der Waals surface area contributed by atoms with Crippen molar-refractivity contribution in [2.45, 2.75) is 30.4 Å². The molecule has 0 spiro atoms. The maximum atomic E-state index is 12.8. The minimum atomic E-state index is -0.0986. The van der Waals surface area contributed by atoms with Crippen molar-refractivity contribution >= 4 is 29.3 Å². The van der Waals surface area contributed by atoms with E-state index in [0.717, 1.165) is 36.8 Å². The Labute approximate surface area is 140 Å². The first-order chi connectivity index (χ1) is 11.1. The Morgan fingerprint density at radius 1 is 1.48 bits per heavy atom. The molecule has 1 fully saturated rings. The number of anilines is 1. The molecule has 2 heterocycles. The van der Waals surface area contributed by atoms with Gasteiger partial charge in [0.1, 0.15) is 0 Å². The first kappa shape index (κ1) is 16.3. The van der Waals surface area contributed by atoms with Crippen molar-refractivity contribution in [1.29, 1.82) is 0 Å². The monoisotopic (exact) mass is 334 g/mol. The molecule has 2 amide bonds. The maximum absolute atomic E-state index is 12.8. The van der Waals surface area contributed by atoms with Crippen molar-refractivity contribution in [2.24, 2.45) is 5.92 Å². The third-order valence-electron chi connectivity index (χ3n) is 4.33. The second-order valence-electron chi connectivity index (χ2n) is 6.03. The van der Waals surface area contributed by atoms with E-state index in [4.69, 9.17) is 4.74 Å². The summed E-state index contributed by atoms with van der Waals surface area (Å²) in [7, 11) is 0. The maximum Gasteiger partial charge on any atom is 0.253 e. The molecule has 0 radical (unpaired) electrons. The molecule has 0 bridgehead atoms. The van der Waals surface area contributed by atoms with Crippen LogP contribution >= 0.6 is 11.8 Å². The normalized spacial score (nSPS) is 23.3. The fraction of sp³-hybridized carbons (Fsp3) is 0.529. The Morgan fingerprint density at radius 2 is 2.30 bits per heavy atom. The molecule has 0 saturated carbocycles. The van der Waals surface area contributed by atoms with Crippen LogP contribution in [0.1, 0.15) is 30.6 Å². The molecule has 0 aliphatic carbocycles. The van der Waals surface area contributed by atoms with Gasteiger partial charge in [-0.05, 0) is 38.5 Å². The highest BCUT2D eigenvalue weighted by Gasteiger charge is 2.26. The average Bonchev–Trinajstić information content (AvgIpc) is 3.06. The van der Waals surface area contributed by atoms with E-state index < -0.39 is 0 Å². The van der Waals surface area contributed by atoms with E-state index in [1.807, 2.05) is 30.9 Å². The van der Waals surface area contributed by atoms with Crippen molar-refractivity contribution < 1.29 is 14.3 Å². The molecule has 0 aromatic heterocycles. The van der Waals surface area contributed by atoms with Gasteiger partial charge in [-0.25, -0.2) is 0 Å². The molecule has 1 aromatic rings. The molecule has 1 aromatic carbocycles. The summed E-state index contributed by atoms with van der Waals surface area (Å²) in [5.74, 6) is 0.426. The Hall–Kier alpha value is -1.53. The van der Waals surface area contributed by atoms with Crippen molar-refractivity contribution in [3.05, 3.63) is 23.8 Å². The van der Waals surface area contributed by atoms with Crippen LogP contribution in [-0.2, 0) is 9.53 Å². The van der Waals surface area contributed by atoms with E-state index >= 15 is 0 Å². The molecule has 23 heavy (non-hydrogen) atoms. The van der Waals surface area contributed by atoms with E-state index in [1.165, 1.54) is 11.8 Å². The number of amides is 2. The van der Waals surface area contributed by atoms with Gasteiger partial charge in [0.2, 0.25) is 5.91 Å². The number of rotatable bonds is 4. The SMILES string of the molecule is CCN(C[C@@H]1CCOC1)C(=O)c1ccc2c(c1)NC(=O)[C@@H](C)S2. The molecule has 6 heteroatoms. The second-order valence-corrected chi connectivity index (χ2v) is 7.42. The summed E-state index contributed by atoms with van der Waals surface area (Å²) in [4.78, 5) is 27.5. The van der Waals surface area contributed by atoms with Gasteiger partial charge in [-0.2, -0.15) is 0 Å². The minimum absolute atomic E-state index is 0.0115. The standard InChI is InChI=1S/C17H22N2O3S/c1-3-19(9-12-6-7-22-10-12)17(21)13-4-5-15-14(8-13)18-16(20)11(2)23-15/h4-5,8,11-12H,3,6-7,9-10H2,1-2H3,(H,18,20)/t11-,12+/m1/s1. The van der Waals surface area contributed by atoms with Gasteiger partial charge in [-0.1, -0.05) is 0 Å². The van der Waals surface area contributed by atoms with E-state index in [9.17, 15) is 9.59 Å². The van der Waals surface area contributed by atoms with E-state index in [0.29, 0.717) is 18.0 Å². The van der Waals surface area contributed by atoms with E-state index in [1.54, 1.807) is 6.07 Å². The van der Waals surface area contributed by atoms with Gasteiger partial charge < -0.3 is 15.0 Å². The van der Waals surface area contributed by atoms with Gasteiger partial charge in [0.05, 0.1) is 17.5 Å². The number of ether oxygens (including phenoxy) is 1. The first-order valence-electron chi connectivity index (χ1n) is 8.07. The van der Waals surface area contributed by atoms with Gasteiger partial charge in [0.15, 0.2) is 0 Å². The number of thioether (sulfide) groups is 1. The third kappa shape index (κ3) is 3.53. The third-order valence-corrected chi connectivity index (χ3v) is 5.51. The Balaban J connectivity index is 1.76. The smallest absolute Gasteiger partial charge is 0.253 e. The van der Waals surface area contributed by atoms with E-state index in [2.05, 4.69) is 5.32 Å².